The van der Waals surface area contributed by atoms with E-state index in [-0.39, 0.29) is 11.7 Å². The number of thioether (sulfide) groups is 1. The quantitative estimate of drug-likeness (QED) is 0.865. The topological polar surface area (TPSA) is 40.5 Å². The highest BCUT2D eigenvalue weighted by Crippen LogP contribution is 2.24. The van der Waals surface area contributed by atoms with Gasteiger partial charge in [-0.2, -0.15) is 0 Å². The number of carbonyl (C=O) groups excluding carboxylic acids is 1. The van der Waals surface area contributed by atoms with Gasteiger partial charge in [0.1, 0.15) is 0 Å². The molecule has 1 unspecified atom stereocenters. The number of carbonyl (C=O) groups is 1. The summed E-state index contributed by atoms with van der Waals surface area (Å²) < 4.78 is 25.7. The first-order chi connectivity index (χ1) is 8.87. The minimum Gasteiger partial charge on any atom is -0.388 e. The third-order valence-corrected chi connectivity index (χ3v) is 4.04. The first-order valence-electron chi connectivity index (χ1n) is 5.95. The van der Waals surface area contributed by atoms with Crippen LogP contribution in [0.5, 0.6) is 0 Å². The molecule has 1 aromatic rings. The lowest BCUT2D eigenvalue weighted by molar-refractivity contribution is -0.128. The second-order valence-electron chi connectivity index (χ2n) is 4.93. The van der Waals surface area contributed by atoms with E-state index in [1.54, 1.807) is 11.8 Å². The summed E-state index contributed by atoms with van der Waals surface area (Å²) in [5, 5.41) is 9.77. The van der Waals surface area contributed by atoms with Crippen LogP contribution in [0.25, 0.3) is 0 Å². The van der Waals surface area contributed by atoms with Gasteiger partial charge in [0.05, 0.1) is 11.4 Å². The molecule has 0 spiro atoms. The predicted octanol–water partition coefficient (Wildman–Crippen LogP) is 2.04. The van der Waals surface area contributed by atoms with Gasteiger partial charge in [-0.3, -0.25) is 4.79 Å². The van der Waals surface area contributed by atoms with Crippen LogP contribution in [0.15, 0.2) is 23.1 Å². The molecular weight excluding hydrogens is 272 g/mol. The van der Waals surface area contributed by atoms with Gasteiger partial charge in [0.25, 0.3) is 0 Å². The van der Waals surface area contributed by atoms with Crippen LogP contribution in [0.4, 0.5) is 8.78 Å². The maximum Gasteiger partial charge on any atom is 0.233 e. The van der Waals surface area contributed by atoms with Crippen LogP contribution < -0.4 is 0 Å². The Hall–Kier alpha value is -1.14. The summed E-state index contributed by atoms with van der Waals surface area (Å²) in [7, 11) is 0. The fourth-order valence-corrected chi connectivity index (χ4v) is 2.78. The Morgan fingerprint density at radius 1 is 1.47 bits per heavy atom. The average molecular weight is 287 g/mol. The van der Waals surface area contributed by atoms with E-state index in [2.05, 4.69) is 0 Å². The number of hydrogen-bond acceptors (Lipinski definition) is 3. The van der Waals surface area contributed by atoms with Gasteiger partial charge < -0.3 is 10.0 Å². The first-order valence-corrected chi connectivity index (χ1v) is 6.94. The molecule has 0 aromatic heterocycles. The summed E-state index contributed by atoms with van der Waals surface area (Å²) >= 11 is 1.16. The summed E-state index contributed by atoms with van der Waals surface area (Å²) in [6.07, 6.45) is 0.564. The molecule has 1 saturated heterocycles. The number of likely N-dealkylation sites (tertiary alicyclic amines) is 1. The number of halogens is 2. The summed E-state index contributed by atoms with van der Waals surface area (Å²) in [5.74, 6) is -1.76. The highest BCUT2D eigenvalue weighted by Gasteiger charge is 2.33. The monoisotopic (exact) mass is 287 g/mol. The maximum absolute atomic E-state index is 13.0. The van der Waals surface area contributed by atoms with E-state index in [1.807, 2.05) is 0 Å². The predicted molar refractivity (Wildman–Crippen MR) is 68.9 cm³/mol. The van der Waals surface area contributed by atoms with Gasteiger partial charge in [-0.05, 0) is 31.5 Å². The number of rotatable bonds is 3. The van der Waals surface area contributed by atoms with E-state index in [0.29, 0.717) is 24.4 Å². The zero-order valence-corrected chi connectivity index (χ0v) is 11.3. The van der Waals surface area contributed by atoms with Crippen LogP contribution in [-0.4, -0.2) is 40.4 Å². The van der Waals surface area contributed by atoms with E-state index in [4.69, 9.17) is 0 Å². The Morgan fingerprint density at radius 3 is 2.79 bits per heavy atom. The lowest BCUT2D eigenvalue weighted by Crippen LogP contribution is -2.34. The Morgan fingerprint density at radius 2 is 2.21 bits per heavy atom. The molecule has 1 amide bonds. The molecule has 104 valence electrons. The van der Waals surface area contributed by atoms with Crippen molar-refractivity contribution in [3.8, 4) is 0 Å². The lowest BCUT2D eigenvalue weighted by Gasteiger charge is -2.18. The molecule has 0 saturated carbocycles. The van der Waals surface area contributed by atoms with Crippen LogP contribution in [0.1, 0.15) is 13.3 Å². The molecule has 0 bridgehead atoms. The van der Waals surface area contributed by atoms with Crippen molar-refractivity contribution in [2.24, 2.45) is 0 Å². The first kappa shape index (κ1) is 14.3. The zero-order valence-electron chi connectivity index (χ0n) is 10.5. The summed E-state index contributed by atoms with van der Waals surface area (Å²) in [6, 6.07) is 3.56. The SMILES string of the molecule is CC1(O)CCN(C(=O)CSc2ccc(F)c(F)c2)C1. The molecule has 1 aliphatic rings. The van der Waals surface area contributed by atoms with E-state index in [9.17, 15) is 18.7 Å². The van der Waals surface area contributed by atoms with Gasteiger partial charge >= 0.3 is 0 Å². The summed E-state index contributed by atoms with van der Waals surface area (Å²) in [5.41, 5.74) is -0.817. The molecule has 1 aliphatic heterocycles. The van der Waals surface area contributed by atoms with E-state index in [1.165, 1.54) is 6.07 Å². The maximum atomic E-state index is 13.0. The highest BCUT2D eigenvalue weighted by atomic mass is 32.2. The van der Waals surface area contributed by atoms with Gasteiger partial charge in [0.2, 0.25) is 5.91 Å². The Labute approximate surface area is 114 Å². The smallest absolute Gasteiger partial charge is 0.233 e. The van der Waals surface area contributed by atoms with Crippen molar-refractivity contribution in [3.05, 3.63) is 29.8 Å². The molecule has 1 fully saturated rings. The number of amides is 1. The second-order valence-corrected chi connectivity index (χ2v) is 5.98. The Balaban J connectivity index is 1.88. The molecule has 1 N–H and O–H groups in total. The number of nitrogens with zero attached hydrogens (tertiary/aromatic N) is 1. The molecule has 1 aromatic carbocycles. The molecule has 19 heavy (non-hydrogen) atoms. The minimum absolute atomic E-state index is 0.104. The third-order valence-electron chi connectivity index (χ3n) is 3.06. The fourth-order valence-electron chi connectivity index (χ4n) is 1.96. The minimum atomic E-state index is -0.915. The van der Waals surface area contributed by atoms with Crippen molar-refractivity contribution in [2.45, 2.75) is 23.8 Å². The summed E-state index contributed by atoms with van der Waals surface area (Å²) in [4.78, 5) is 14.0. The number of aliphatic hydroxyl groups is 1. The molecular formula is C13H15F2NO2S. The lowest BCUT2D eigenvalue weighted by atomic mass is 10.1. The van der Waals surface area contributed by atoms with Crippen LogP contribution in [-0.2, 0) is 4.79 Å². The Kier molecular flexibility index (Phi) is 4.10. The molecule has 1 atom stereocenters. The van der Waals surface area contributed by atoms with Crippen molar-refractivity contribution in [1.29, 1.82) is 0 Å². The number of β-amino-alcohol motifs (C(OH)–C–C–N with tert-alkyl or cyclic N) is 1. The van der Waals surface area contributed by atoms with Crippen molar-refractivity contribution in [1.82, 2.24) is 4.90 Å². The fraction of sp³-hybridized carbons (Fsp3) is 0.462. The molecule has 1 heterocycles. The van der Waals surface area contributed by atoms with Gasteiger partial charge in [0.15, 0.2) is 11.6 Å². The molecule has 6 heteroatoms. The molecule has 0 aliphatic carbocycles. The van der Waals surface area contributed by atoms with Crippen molar-refractivity contribution in [3.63, 3.8) is 0 Å². The number of benzene rings is 1. The van der Waals surface area contributed by atoms with Gasteiger partial charge in [-0.25, -0.2) is 8.78 Å². The van der Waals surface area contributed by atoms with Crippen molar-refractivity contribution >= 4 is 17.7 Å². The van der Waals surface area contributed by atoms with E-state index in [0.717, 1.165) is 23.9 Å². The van der Waals surface area contributed by atoms with Gasteiger partial charge in [-0.1, -0.05) is 0 Å². The molecule has 3 nitrogen and oxygen atoms in total. The van der Waals surface area contributed by atoms with Crippen LogP contribution in [0.2, 0.25) is 0 Å². The van der Waals surface area contributed by atoms with E-state index >= 15 is 0 Å². The Bertz CT molecular complexity index is 494. The second kappa shape index (κ2) is 5.46. The zero-order chi connectivity index (χ0) is 14.0. The van der Waals surface area contributed by atoms with Crippen LogP contribution in [0.3, 0.4) is 0 Å². The molecule has 0 radical (unpaired) electrons. The van der Waals surface area contributed by atoms with Gasteiger partial charge in [-0.15, -0.1) is 11.8 Å². The highest BCUT2D eigenvalue weighted by molar-refractivity contribution is 8.00. The normalized spacial score (nSPS) is 22.8. The van der Waals surface area contributed by atoms with E-state index < -0.39 is 17.2 Å². The third kappa shape index (κ3) is 3.67. The molecule has 2 rings (SSSR count). The number of hydrogen-bond donors (Lipinski definition) is 1. The van der Waals surface area contributed by atoms with Gasteiger partial charge in [0, 0.05) is 18.0 Å². The van der Waals surface area contributed by atoms with Crippen molar-refractivity contribution < 1.29 is 18.7 Å². The van der Waals surface area contributed by atoms with Crippen LogP contribution >= 0.6 is 11.8 Å². The average Bonchev–Trinajstić information content (AvgIpc) is 2.71. The van der Waals surface area contributed by atoms with Crippen LogP contribution in [0, 0.1) is 11.6 Å². The van der Waals surface area contributed by atoms with Crippen molar-refractivity contribution in [2.75, 3.05) is 18.8 Å². The standard InChI is InChI=1S/C13H15F2NO2S/c1-13(18)4-5-16(8-13)12(17)7-19-9-2-3-10(14)11(15)6-9/h2-3,6,18H,4-5,7-8H2,1H3. The summed E-state index contributed by atoms with van der Waals surface area (Å²) in [6.45, 7) is 2.55. The largest absolute Gasteiger partial charge is 0.388 e.